The molecule has 2 aromatic rings. The van der Waals surface area contributed by atoms with E-state index in [1.54, 1.807) is 17.4 Å². The van der Waals surface area contributed by atoms with E-state index in [0.29, 0.717) is 15.0 Å². The second kappa shape index (κ2) is 8.98. The molecule has 28 heavy (non-hydrogen) atoms. The lowest BCUT2D eigenvalue weighted by Gasteiger charge is -2.27. The Hall–Kier alpha value is -0.700. The number of thiophene rings is 1. The first-order valence-corrected chi connectivity index (χ1v) is 12.0. The zero-order valence-corrected chi connectivity index (χ0v) is 19.7. The van der Waals surface area contributed by atoms with Gasteiger partial charge in [0.2, 0.25) is 0 Å². The Labute approximate surface area is 192 Å². The van der Waals surface area contributed by atoms with Gasteiger partial charge in [0, 0.05) is 39.3 Å². The summed E-state index contributed by atoms with van der Waals surface area (Å²) in [7, 11) is 0. The van der Waals surface area contributed by atoms with Crippen molar-refractivity contribution in [1.29, 1.82) is 0 Å². The number of anilines is 1. The number of hydrogen-bond donors (Lipinski definition) is 1. The molecule has 0 aliphatic carbocycles. The molecule has 1 aromatic heterocycles. The molecule has 1 N–H and O–H groups in total. The van der Waals surface area contributed by atoms with Crippen LogP contribution in [0.25, 0.3) is 0 Å². The van der Waals surface area contributed by atoms with Gasteiger partial charge in [-0.25, -0.2) is 5.01 Å². The van der Waals surface area contributed by atoms with Crippen molar-refractivity contribution in [3.05, 3.63) is 49.0 Å². The first kappa shape index (κ1) is 20.6. The molecule has 1 aromatic carbocycles. The number of thiocarbonyl (C=S) groups is 1. The molecule has 1 fully saturated rings. The topological polar surface area (TPSA) is 30.9 Å². The fourth-order valence-electron chi connectivity index (χ4n) is 3.48. The molecular weight excluding hydrogens is 499 g/mol. The van der Waals surface area contributed by atoms with Gasteiger partial charge in [-0.1, -0.05) is 41.8 Å². The largest absolute Gasteiger partial charge is 0.308 e. The third-order valence-electron chi connectivity index (χ3n) is 4.86. The molecule has 0 spiro atoms. The summed E-state index contributed by atoms with van der Waals surface area (Å²) in [6.07, 6.45) is 4.40. The lowest BCUT2D eigenvalue weighted by molar-refractivity contribution is 0.197. The van der Waals surface area contributed by atoms with Crippen LogP contribution in [0.15, 0.2) is 39.2 Å². The van der Waals surface area contributed by atoms with Crippen LogP contribution in [0.4, 0.5) is 5.69 Å². The van der Waals surface area contributed by atoms with Crippen LogP contribution in [-0.4, -0.2) is 28.8 Å². The maximum Gasteiger partial charge on any atom is 0.137 e. The van der Waals surface area contributed by atoms with Gasteiger partial charge in [0.1, 0.15) is 4.99 Å². The summed E-state index contributed by atoms with van der Waals surface area (Å²) < 4.78 is 1.07. The number of hydrazine groups is 1. The average Bonchev–Trinajstić information content (AvgIpc) is 3.29. The van der Waals surface area contributed by atoms with Gasteiger partial charge in [0.25, 0.3) is 0 Å². The van der Waals surface area contributed by atoms with E-state index in [4.69, 9.17) is 40.5 Å². The van der Waals surface area contributed by atoms with E-state index in [-0.39, 0.29) is 6.04 Å². The third-order valence-corrected chi connectivity index (χ3v) is 7.52. The van der Waals surface area contributed by atoms with E-state index in [1.807, 2.05) is 17.1 Å². The number of hydrogen-bond acceptors (Lipinski definition) is 5. The van der Waals surface area contributed by atoms with Crippen molar-refractivity contribution in [3.8, 4) is 0 Å². The summed E-state index contributed by atoms with van der Waals surface area (Å²) in [5.74, 6) is 0. The maximum absolute atomic E-state index is 6.49. The molecule has 1 unspecified atom stereocenters. The van der Waals surface area contributed by atoms with Crippen LogP contribution < -0.4 is 10.4 Å². The van der Waals surface area contributed by atoms with Crippen molar-refractivity contribution in [2.45, 2.75) is 31.7 Å². The average molecular weight is 518 g/mol. The van der Waals surface area contributed by atoms with Crippen molar-refractivity contribution >= 4 is 79.1 Å². The smallest absolute Gasteiger partial charge is 0.137 e. The lowest BCUT2D eigenvalue weighted by atomic mass is 10.1. The summed E-state index contributed by atoms with van der Waals surface area (Å²) in [6.45, 7) is 2.03. The Morgan fingerprint density at radius 3 is 2.68 bits per heavy atom. The number of nitrogens with one attached hydrogen (secondary N) is 1. The molecule has 3 heterocycles. The standard InChI is InChI=1S/C19H19BrCl2N4S2/c20-12-8-18(28-11-12)17-10-15(19(27)24-25-6-2-1-3-7-25)23-26(17)16-5-4-13(21)9-14(16)22/h4-5,8-9,11,17H,1-3,6-7,10H2,(H,24,27). The Kier molecular flexibility index (Phi) is 6.60. The highest BCUT2D eigenvalue weighted by Gasteiger charge is 2.33. The minimum atomic E-state index is 0.0473. The van der Waals surface area contributed by atoms with Crippen LogP contribution in [0.1, 0.15) is 36.6 Å². The molecule has 0 radical (unpaired) electrons. The lowest BCUT2D eigenvalue weighted by Crippen LogP contribution is -2.46. The highest BCUT2D eigenvalue weighted by atomic mass is 79.9. The molecule has 0 saturated carbocycles. The van der Waals surface area contributed by atoms with Gasteiger partial charge < -0.3 is 5.43 Å². The summed E-state index contributed by atoms with van der Waals surface area (Å²) in [6, 6.07) is 7.67. The van der Waals surface area contributed by atoms with E-state index >= 15 is 0 Å². The second-order valence-electron chi connectivity index (χ2n) is 6.86. The van der Waals surface area contributed by atoms with E-state index in [2.05, 4.69) is 37.8 Å². The van der Waals surface area contributed by atoms with Crippen LogP contribution in [-0.2, 0) is 0 Å². The minimum Gasteiger partial charge on any atom is -0.308 e. The molecule has 0 bridgehead atoms. The fourth-order valence-corrected chi connectivity index (χ4v) is 5.75. The van der Waals surface area contributed by atoms with Crippen LogP contribution in [0.5, 0.6) is 0 Å². The number of hydrazone groups is 1. The maximum atomic E-state index is 6.49. The van der Waals surface area contributed by atoms with Crippen molar-refractivity contribution < 1.29 is 0 Å². The molecule has 1 atom stereocenters. The van der Waals surface area contributed by atoms with Gasteiger partial charge in [-0.3, -0.25) is 5.01 Å². The molecular formula is C19H19BrCl2N4S2. The van der Waals surface area contributed by atoms with Gasteiger partial charge in [-0.2, -0.15) is 5.10 Å². The summed E-state index contributed by atoms with van der Waals surface area (Å²) >= 11 is 23.5. The summed E-state index contributed by atoms with van der Waals surface area (Å²) in [5.41, 5.74) is 5.09. The zero-order valence-electron chi connectivity index (χ0n) is 15.0. The van der Waals surface area contributed by atoms with Crippen molar-refractivity contribution in [2.24, 2.45) is 5.10 Å². The Morgan fingerprint density at radius 1 is 1.21 bits per heavy atom. The van der Waals surface area contributed by atoms with Crippen LogP contribution in [0, 0.1) is 0 Å². The highest BCUT2D eigenvalue weighted by molar-refractivity contribution is 9.10. The second-order valence-corrected chi connectivity index (χ2v) is 9.97. The molecule has 4 nitrogen and oxygen atoms in total. The first-order chi connectivity index (χ1) is 13.5. The fraction of sp³-hybridized carbons (Fsp3) is 0.368. The van der Waals surface area contributed by atoms with E-state index in [1.165, 1.54) is 24.1 Å². The van der Waals surface area contributed by atoms with Gasteiger partial charge in [0.05, 0.1) is 22.5 Å². The minimum absolute atomic E-state index is 0.0473. The number of piperidine rings is 1. The Bertz CT molecular complexity index is 911. The van der Waals surface area contributed by atoms with Crippen LogP contribution in [0.3, 0.4) is 0 Å². The molecule has 9 heteroatoms. The Morgan fingerprint density at radius 2 is 2.00 bits per heavy atom. The summed E-state index contributed by atoms with van der Waals surface area (Å²) in [5, 5.41) is 12.3. The molecule has 1 saturated heterocycles. The number of halogens is 3. The van der Waals surface area contributed by atoms with Crippen molar-refractivity contribution in [1.82, 2.24) is 10.4 Å². The molecule has 0 amide bonds. The van der Waals surface area contributed by atoms with E-state index in [9.17, 15) is 0 Å². The van der Waals surface area contributed by atoms with Gasteiger partial charge >= 0.3 is 0 Å². The molecule has 148 valence electrons. The number of nitrogens with zero attached hydrogens (tertiary/aromatic N) is 3. The zero-order chi connectivity index (χ0) is 19.7. The quantitative estimate of drug-likeness (QED) is 0.472. The first-order valence-electron chi connectivity index (χ1n) is 9.13. The van der Waals surface area contributed by atoms with Crippen LogP contribution >= 0.6 is 62.7 Å². The third kappa shape index (κ3) is 4.55. The predicted octanol–water partition coefficient (Wildman–Crippen LogP) is 6.44. The molecule has 2 aliphatic rings. The van der Waals surface area contributed by atoms with E-state index < -0.39 is 0 Å². The monoisotopic (exact) mass is 516 g/mol. The predicted molar refractivity (Wildman–Crippen MR) is 127 cm³/mol. The molecule has 2 aliphatic heterocycles. The summed E-state index contributed by atoms with van der Waals surface area (Å²) in [4.78, 5) is 1.90. The van der Waals surface area contributed by atoms with Gasteiger partial charge in [-0.15, -0.1) is 11.3 Å². The number of benzene rings is 1. The van der Waals surface area contributed by atoms with Crippen molar-refractivity contribution in [2.75, 3.05) is 18.1 Å². The molecule has 4 rings (SSSR count). The normalized spacial score (nSPS) is 20.3. The van der Waals surface area contributed by atoms with Crippen LogP contribution in [0.2, 0.25) is 10.0 Å². The Balaban J connectivity index is 1.61. The SMILES string of the molecule is S=C(NN1CCCCC1)C1=NN(c2ccc(Cl)cc2Cl)C(c2cc(Br)cs2)C1. The van der Waals surface area contributed by atoms with Gasteiger partial charge in [-0.05, 0) is 53.0 Å². The van der Waals surface area contributed by atoms with E-state index in [0.717, 1.165) is 35.4 Å². The van der Waals surface area contributed by atoms with Crippen molar-refractivity contribution in [3.63, 3.8) is 0 Å². The highest BCUT2D eigenvalue weighted by Crippen LogP contribution is 2.42. The number of rotatable bonds is 4. The van der Waals surface area contributed by atoms with Gasteiger partial charge in [0.15, 0.2) is 0 Å².